The number of rotatable bonds is 5. The van der Waals surface area contributed by atoms with Gasteiger partial charge in [-0.3, -0.25) is 4.79 Å². The average Bonchev–Trinajstić information content (AvgIpc) is 2.88. The summed E-state index contributed by atoms with van der Waals surface area (Å²) in [6, 6.07) is 6.65. The summed E-state index contributed by atoms with van der Waals surface area (Å²) in [5.41, 5.74) is 0.671. The van der Waals surface area contributed by atoms with Crippen LogP contribution in [0.15, 0.2) is 24.3 Å². The first-order chi connectivity index (χ1) is 10.1. The van der Waals surface area contributed by atoms with Crippen LogP contribution in [0.3, 0.4) is 0 Å². The predicted molar refractivity (Wildman–Crippen MR) is 78.6 cm³/mol. The number of ether oxygens (including phenoxy) is 1. The van der Waals surface area contributed by atoms with Crippen molar-refractivity contribution in [3.05, 3.63) is 24.3 Å². The van der Waals surface area contributed by atoms with Crippen LogP contribution in [0.4, 0.5) is 10.5 Å². The monoisotopic (exact) mass is 292 g/mol. The molecule has 1 fully saturated rings. The maximum atomic E-state index is 12.2. The Balaban J connectivity index is 1.95. The molecule has 2 amide bonds. The number of urea groups is 1. The van der Waals surface area contributed by atoms with Crippen LogP contribution in [0.1, 0.15) is 26.2 Å². The lowest BCUT2D eigenvalue weighted by Gasteiger charge is -2.23. The number of aliphatic carboxylic acids is 1. The van der Waals surface area contributed by atoms with E-state index in [9.17, 15) is 9.59 Å². The SMILES string of the molecule is CCOc1ccc(NC(=O)N2CCCC2CC(=O)O)cc1. The van der Waals surface area contributed by atoms with Gasteiger partial charge in [-0.25, -0.2) is 4.79 Å². The van der Waals surface area contributed by atoms with Gasteiger partial charge in [0.2, 0.25) is 0 Å². The van der Waals surface area contributed by atoms with E-state index in [-0.39, 0.29) is 18.5 Å². The standard InChI is InChI=1S/C15H20N2O4/c1-2-21-13-7-5-11(6-8-13)16-15(20)17-9-3-4-12(17)10-14(18)19/h5-8,12H,2-4,9-10H2,1H3,(H,16,20)(H,18,19). The molecule has 0 aromatic heterocycles. The summed E-state index contributed by atoms with van der Waals surface area (Å²) in [5, 5.41) is 11.7. The molecular formula is C15H20N2O4. The van der Waals surface area contributed by atoms with E-state index in [0.29, 0.717) is 18.8 Å². The van der Waals surface area contributed by atoms with Crippen LogP contribution < -0.4 is 10.1 Å². The van der Waals surface area contributed by atoms with Crippen LogP contribution in [0.25, 0.3) is 0 Å². The molecular weight excluding hydrogens is 272 g/mol. The summed E-state index contributed by atoms with van der Waals surface area (Å²) in [6.45, 7) is 3.10. The second-order valence-electron chi connectivity index (χ2n) is 4.97. The fraction of sp³-hybridized carbons (Fsp3) is 0.467. The first-order valence-electron chi connectivity index (χ1n) is 7.12. The molecule has 1 heterocycles. The van der Waals surface area contributed by atoms with E-state index in [1.807, 2.05) is 6.92 Å². The molecule has 1 unspecified atom stereocenters. The zero-order valence-corrected chi connectivity index (χ0v) is 12.0. The minimum Gasteiger partial charge on any atom is -0.494 e. The van der Waals surface area contributed by atoms with Gasteiger partial charge < -0.3 is 20.1 Å². The Morgan fingerprint density at radius 3 is 2.71 bits per heavy atom. The molecule has 2 rings (SSSR count). The Morgan fingerprint density at radius 1 is 1.38 bits per heavy atom. The van der Waals surface area contributed by atoms with Gasteiger partial charge in [-0.05, 0) is 44.0 Å². The third-order valence-corrected chi connectivity index (χ3v) is 3.46. The van der Waals surface area contributed by atoms with Gasteiger partial charge >= 0.3 is 12.0 Å². The van der Waals surface area contributed by atoms with Gasteiger partial charge in [0.15, 0.2) is 0 Å². The Labute approximate surface area is 123 Å². The summed E-state index contributed by atoms with van der Waals surface area (Å²) in [7, 11) is 0. The van der Waals surface area contributed by atoms with Gasteiger partial charge in [0.1, 0.15) is 5.75 Å². The second kappa shape index (κ2) is 6.97. The number of likely N-dealkylation sites (tertiary alicyclic amines) is 1. The normalized spacial score (nSPS) is 17.6. The predicted octanol–water partition coefficient (Wildman–Crippen LogP) is 2.56. The molecule has 1 aromatic rings. The number of hydrogen-bond acceptors (Lipinski definition) is 3. The summed E-state index contributed by atoms with van der Waals surface area (Å²) in [6.07, 6.45) is 1.58. The van der Waals surface area contributed by atoms with Crippen LogP contribution in [-0.4, -0.2) is 41.2 Å². The van der Waals surface area contributed by atoms with Crippen molar-refractivity contribution in [3.8, 4) is 5.75 Å². The van der Waals surface area contributed by atoms with Crippen molar-refractivity contribution >= 4 is 17.7 Å². The highest BCUT2D eigenvalue weighted by molar-refractivity contribution is 5.90. The zero-order chi connectivity index (χ0) is 15.2. The van der Waals surface area contributed by atoms with E-state index in [1.54, 1.807) is 29.2 Å². The van der Waals surface area contributed by atoms with E-state index in [0.717, 1.165) is 18.6 Å². The Hall–Kier alpha value is -2.24. The fourth-order valence-corrected chi connectivity index (χ4v) is 2.51. The second-order valence-corrected chi connectivity index (χ2v) is 4.97. The maximum absolute atomic E-state index is 12.2. The number of carboxylic acid groups (broad SMARTS) is 1. The average molecular weight is 292 g/mol. The quantitative estimate of drug-likeness (QED) is 0.874. The number of hydrogen-bond donors (Lipinski definition) is 2. The molecule has 6 heteroatoms. The fourth-order valence-electron chi connectivity index (χ4n) is 2.51. The highest BCUT2D eigenvalue weighted by Crippen LogP contribution is 2.22. The Kier molecular flexibility index (Phi) is 5.03. The number of carboxylic acids is 1. The molecule has 0 bridgehead atoms. The third kappa shape index (κ3) is 4.11. The molecule has 0 spiro atoms. The third-order valence-electron chi connectivity index (χ3n) is 3.46. The van der Waals surface area contributed by atoms with E-state index in [1.165, 1.54) is 0 Å². The van der Waals surface area contributed by atoms with Crippen LogP contribution in [0, 0.1) is 0 Å². The summed E-state index contributed by atoms with van der Waals surface area (Å²) in [4.78, 5) is 24.6. The number of carbonyl (C=O) groups excluding carboxylic acids is 1. The maximum Gasteiger partial charge on any atom is 0.322 e. The van der Waals surface area contributed by atoms with Gasteiger partial charge in [0, 0.05) is 18.3 Å². The molecule has 0 aliphatic carbocycles. The van der Waals surface area contributed by atoms with Crippen LogP contribution >= 0.6 is 0 Å². The minimum atomic E-state index is -0.874. The highest BCUT2D eigenvalue weighted by Gasteiger charge is 2.30. The van der Waals surface area contributed by atoms with E-state index in [2.05, 4.69) is 5.32 Å². The zero-order valence-electron chi connectivity index (χ0n) is 12.0. The lowest BCUT2D eigenvalue weighted by atomic mass is 10.1. The largest absolute Gasteiger partial charge is 0.494 e. The van der Waals surface area contributed by atoms with Crippen molar-refractivity contribution in [2.24, 2.45) is 0 Å². The molecule has 1 aliphatic rings. The van der Waals surface area contributed by atoms with Crippen LogP contribution in [0.5, 0.6) is 5.75 Å². The van der Waals surface area contributed by atoms with Gasteiger partial charge in [-0.2, -0.15) is 0 Å². The lowest BCUT2D eigenvalue weighted by molar-refractivity contribution is -0.137. The molecule has 1 aliphatic heterocycles. The molecule has 114 valence electrons. The number of anilines is 1. The van der Waals surface area contributed by atoms with Crippen LogP contribution in [0.2, 0.25) is 0 Å². The van der Waals surface area contributed by atoms with Gasteiger partial charge in [-0.1, -0.05) is 0 Å². The lowest BCUT2D eigenvalue weighted by Crippen LogP contribution is -2.39. The molecule has 1 atom stereocenters. The van der Waals surface area contributed by atoms with Crippen molar-refractivity contribution < 1.29 is 19.4 Å². The Bertz CT molecular complexity index is 501. The molecule has 21 heavy (non-hydrogen) atoms. The highest BCUT2D eigenvalue weighted by atomic mass is 16.5. The Morgan fingerprint density at radius 2 is 2.10 bits per heavy atom. The van der Waals surface area contributed by atoms with E-state index < -0.39 is 5.97 Å². The van der Waals surface area contributed by atoms with Crippen molar-refractivity contribution in [1.82, 2.24) is 4.90 Å². The van der Waals surface area contributed by atoms with Gasteiger partial charge in [-0.15, -0.1) is 0 Å². The molecule has 6 nitrogen and oxygen atoms in total. The van der Waals surface area contributed by atoms with Crippen molar-refractivity contribution in [2.45, 2.75) is 32.2 Å². The van der Waals surface area contributed by atoms with Crippen molar-refractivity contribution in [3.63, 3.8) is 0 Å². The first-order valence-corrected chi connectivity index (χ1v) is 7.12. The summed E-state index contributed by atoms with van der Waals surface area (Å²) < 4.78 is 5.34. The smallest absolute Gasteiger partial charge is 0.322 e. The molecule has 1 aromatic carbocycles. The van der Waals surface area contributed by atoms with Crippen LogP contribution in [-0.2, 0) is 4.79 Å². The number of benzene rings is 1. The van der Waals surface area contributed by atoms with E-state index in [4.69, 9.17) is 9.84 Å². The summed E-state index contributed by atoms with van der Waals surface area (Å²) >= 11 is 0. The van der Waals surface area contributed by atoms with Crippen molar-refractivity contribution in [1.29, 1.82) is 0 Å². The minimum absolute atomic E-state index is 0.00328. The van der Waals surface area contributed by atoms with Gasteiger partial charge in [0.25, 0.3) is 0 Å². The molecule has 1 saturated heterocycles. The van der Waals surface area contributed by atoms with Crippen molar-refractivity contribution in [2.75, 3.05) is 18.5 Å². The molecule has 0 saturated carbocycles. The molecule has 0 radical (unpaired) electrons. The van der Waals surface area contributed by atoms with E-state index >= 15 is 0 Å². The molecule has 2 N–H and O–H groups in total. The topological polar surface area (TPSA) is 78.9 Å². The number of amides is 2. The summed E-state index contributed by atoms with van der Waals surface area (Å²) in [5.74, 6) is -0.124. The number of carbonyl (C=O) groups is 2. The number of nitrogens with zero attached hydrogens (tertiary/aromatic N) is 1. The van der Waals surface area contributed by atoms with Gasteiger partial charge in [0.05, 0.1) is 13.0 Å². The first kappa shape index (κ1) is 15.2. The number of nitrogens with one attached hydrogen (secondary N) is 1.